The minimum Gasteiger partial charge on any atom is -0.365 e. The summed E-state index contributed by atoms with van der Waals surface area (Å²) in [6, 6.07) is 0. The Morgan fingerprint density at radius 1 is 0.765 bits per heavy atom. The van der Waals surface area contributed by atoms with Gasteiger partial charge in [-0.3, -0.25) is 0 Å². The molecule has 2 fully saturated rings. The van der Waals surface area contributed by atoms with Gasteiger partial charge < -0.3 is 9.84 Å². The number of rotatable bonds is 1. The van der Waals surface area contributed by atoms with Crippen molar-refractivity contribution in [3.05, 3.63) is 0 Å². The molecule has 2 aliphatic rings. The minimum atomic E-state index is -0.794. The SMILES string of the molecule is OC1(C2CCCCCCC2)CCCCCCO1. The van der Waals surface area contributed by atoms with Crippen molar-refractivity contribution in [2.24, 2.45) is 5.92 Å². The van der Waals surface area contributed by atoms with Crippen LogP contribution in [0, 0.1) is 5.92 Å². The molecule has 1 aliphatic carbocycles. The molecule has 1 saturated carbocycles. The average molecular weight is 240 g/mol. The molecular weight excluding hydrogens is 212 g/mol. The normalized spacial score (nSPS) is 34.4. The summed E-state index contributed by atoms with van der Waals surface area (Å²) in [6.07, 6.45) is 14.6. The fourth-order valence-corrected chi connectivity index (χ4v) is 3.38. The van der Waals surface area contributed by atoms with Crippen molar-refractivity contribution < 1.29 is 9.84 Å². The van der Waals surface area contributed by atoms with Gasteiger partial charge in [-0.1, -0.05) is 44.9 Å². The van der Waals surface area contributed by atoms with Gasteiger partial charge in [0.15, 0.2) is 5.79 Å². The van der Waals surface area contributed by atoms with Crippen molar-refractivity contribution in [2.75, 3.05) is 6.61 Å². The Kier molecular flexibility index (Phi) is 5.30. The number of hydrogen-bond acceptors (Lipinski definition) is 2. The molecule has 2 nitrogen and oxygen atoms in total. The van der Waals surface area contributed by atoms with Gasteiger partial charge >= 0.3 is 0 Å². The topological polar surface area (TPSA) is 29.5 Å². The first kappa shape index (κ1) is 13.4. The molecular formula is C15H28O2. The van der Waals surface area contributed by atoms with Crippen LogP contribution in [-0.4, -0.2) is 17.5 Å². The van der Waals surface area contributed by atoms with E-state index < -0.39 is 5.79 Å². The van der Waals surface area contributed by atoms with Gasteiger partial charge in [-0.25, -0.2) is 0 Å². The van der Waals surface area contributed by atoms with Gasteiger partial charge in [-0.2, -0.15) is 0 Å². The van der Waals surface area contributed by atoms with Gasteiger partial charge in [0.2, 0.25) is 0 Å². The minimum absolute atomic E-state index is 0.390. The van der Waals surface area contributed by atoms with Gasteiger partial charge in [0.25, 0.3) is 0 Å². The van der Waals surface area contributed by atoms with Gasteiger partial charge in [-0.15, -0.1) is 0 Å². The molecule has 0 aromatic rings. The third kappa shape index (κ3) is 3.96. The molecule has 0 spiro atoms. The van der Waals surface area contributed by atoms with E-state index in [1.54, 1.807) is 0 Å². The van der Waals surface area contributed by atoms with Crippen molar-refractivity contribution in [3.63, 3.8) is 0 Å². The van der Waals surface area contributed by atoms with Crippen LogP contribution in [0.15, 0.2) is 0 Å². The monoisotopic (exact) mass is 240 g/mol. The molecule has 1 N–H and O–H groups in total. The zero-order valence-electron chi connectivity index (χ0n) is 11.1. The Morgan fingerprint density at radius 2 is 1.35 bits per heavy atom. The van der Waals surface area contributed by atoms with Gasteiger partial charge in [0.1, 0.15) is 0 Å². The lowest BCUT2D eigenvalue weighted by Crippen LogP contribution is -2.42. The summed E-state index contributed by atoms with van der Waals surface area (Å²) >= 11 is 0. The summed E-state index contributed by atoms with van der Waals surface area (Å²) in [4.78, 5) is 0. The van der Waals surface area contributed by atoms with Crippen molar-refractivity contribution in [1.82, 2.24) is 0 Å². The maximum Gasteiger partial charge on any atom is 0.168 e. The van der Waals surface area contributed by atoms with E-state index in [2.05, 4.69) is 0 Å². The predicted octanol–water partition coefficient (Wildman–Crippen LogP) is 4.02. The van der Waals surface area contributed by atoms with Crippen LogP contribution < -0.4 is 0 Å². The summed E-state index contributed by atoms with van der Waals surface area (Å²) < 4.78 is 5.86. The Labute approximate surface area is 106 Å². The molecule has 1 atom stereocenters. The zero-order chi connectivity index (χ0) is 12.0. The lowest BCUT2D eigenvalue weighted by atomic mass is 9.82. The second kappa shape index (κ2) is 6.75. The molecule has 17 heavy (non-hydrogen) atoms. The Morgan fingerprint density at radius 3 is 2.12 bits per heavy atom. The van der Waals surface area contributed by atoms with Crippen LogP contribution in [0.4, 0.5) is 0 Å². The zero-order valence-corrected chi connectivity index (χ0v) is 11.1. The lowest BCUT2D eigenvalue weighted by molar-refractivity contribution is -0.248. The van der Waals surface area contributed by atoms with E-state index in [0.717, 1.165) is 38.7 Å². The Bertz CT molecular complexity index is 199. The maximum absolute atomic E-state index is 10.8. The van der Waals surface area contributed by atoms with E-state index in [9.17, 15) is 5.11 Å². The first-order valence-corrected chi connectivity index (χ1v) is 7.68. The summed E-state index contributed by atoms with van der Waals surface area (Å²) in [5.74, 6) is -0.404. The standard InChI is InChI=1S/C15H28O2/c16-15(12-8-4-5-9-13-17-15)14-10-6-2-1-3-7-11-14/h14,16H,1-13H2. The van der Waals surface area contributed by atoms with Gasteiger partial charge in [-0.05, 0) is 25.7 Å². The van der Waals surface area contributed by atoms with E-state index >= 15 is 0 Å². The molecule has 0 radical (unpaired) electrons. The molecule has 2 heteroatoms. The molecule has 0 aromatic heterocycles. The quantitative estimate of drug-likeness (QED) is 0.750. The van der Waals surface area contributed by atoms with Crippen LogP contribution in [0.1, 0.15) is 77.0 Å². The molecule has 1 saturated heterocycles. The van der Waals surface area contributed by atoms with Crippen LogP contribution in [0.2, 0.25) is 0 Å². The van der Waals surface area contributed by atoms with Gasteiger partial charge in [0, 0.05) is 12.3 Å². The van der Waals surface area contributed by atoms with Crippen molar-refractivity contribution in [1.29, 1.82) is 0 Å². The van der Waals surface area contributed by atoms with Crippen molar-refractivity contribution in [3.8, 4) is 0 Å². The highest BCUT2D eigenvalue weighted by Crippen LogP contribution is 2.36. The number of ether oxygens (including phenoxy) is 1. The average Bonchev–Trinajstić information content (AvgIpc) is 2.23. The number of hydrogen-bond donors (Lipinski definition) is 1. The smallest absolute Gasteiger partial charge is 0.168 e. The highest BCUT2D eigenvalue weighted by atomic mass is 16.6. The fraction of sp³-hybridized carbons (Fsp3) is 1.00. The van der Waals surface area contributed by atoms with Crippen LogP contribution in [0.25, 0.3) is 0 Å². The third-order valence-corrected chi connectivity index (χ3v) is 4.52. The molecule has 1 heterocycles. The van der Waals surface area contributed by atoms with Crippen molar-refractivity contribution >= 4 is 0 Å². The molecule has 1 aliphatic heterocycles. The van der Waals surface area contributed by atoms with E-state index in [1.165, 1.54) is 44.9 Å². The van der Waals surface area contributed by atoms with Gasteiger partial charge in [0.05, 0.1) is 6.61 Å². The highest BCUT2D eigenvalue weighted by Gasteiger charge is 2.37. The molecule has 0 amide bonds. The lowest BCUT2D eigenvalue weighted by Gasteiger charge is -2.38. The van der Waals surface area contributed by atoms with Crippen LogP contribution in [0.3, 0.4) is 0 Å². The molecule has 100 valence electrons. The number of aliphatic hydroxyl groups is 1. The molecule has 0 bridgehead atoms. The first-order chi connectivity index (χ1) is 8.31. The second-order valence-electron chi connectivity index (χ2n) is 5.90. The van der Waals surface area contributed by atoms with Crippen LogP contribution in [0.5, 0.6) is 0 Å². The van der Waals surface area contributed by atoms with E-state index in [0.29, 0.717) is 5.92 Å². The summed E-state index contributed by atoms with van der Waals surface area (Å²) in [7, 11) is 0. The second-order valence-corrected chi connectivity index (χ2v) is 5.90. The Balaban J connectivity index is 1.94. The predicted molar refractivity (Wildman–Crippen MR) is 69.8 cm³/mol. The summed E-state index contributed by atoms with van der Waals surface area (Å²) in [5, 5.41) is 10.8. The highest BCUT2D eigenvalue weighted by molar-refractivity contribution is 4.80. The largest absolute Gasteiger partial charge is 0.365 e. The van der Waals surface area contributed by atoms with E-state index in [-0.39, 0.29) is 0 Å². The summed E-state index contributed by atoms with van der Waals surface area (Å²) in [5.41, 5.74) is 0. The van der Waals surface area contributed by atoms with E-state index in [1.807, 2.05) is 0 Å². The molecule has 0 aromatic carbocycles. The third-order valence-electron chi connectivity index (χ3n) is 4.52. The first-order valence-electron chi connectivity index (χ1n) is 7.68. The van der Waals surface area contributed by atoms with E-state index in [4.69, 9.17) is 4.74 Å². The van der Waals surface area contributed by atoms with Crippen molar-refractivity contribution in [2.45, 2.75) is 82.8 Å². The van der Waals surface area contributed by atoms with Crippen LogP contribution >= 0.6 is 0 Å². The maximum atomic E-state index is 10.8. The Hall–Kier alpha value is -0.0800. The fourth-order valence-electron chi connectivity index (χ4n) is 3.38. The molecule has 2 rings (SSSR count). The summed E-state index contributed by atoms with van der Waals surface area (Å²) in [6.45, 7) is 0.757. The molecule has 1 unspecified atom stereocenters. The van der Waals surface area contributed by atoms with Crippen LogP contribution in [-0.2, 0) is 4.74 Å².